The van der Waals surface area contributed by atoms with E-state index in [9.17, 15) is 18.4 Å². The number of carbonyl (C=O) groups is 2. The molecule has 1 atom stereocenters. The van der Waals surface area contributed by atoms with Crippen LogP contribution in [0.2, 0.25) is 0 Å². The average Bonchev–Trinajstić information content (AvgIpc) is 3.00. The highest BCUT2D eigenvalue weighted by molar-refractivity contribution is 6.29. The third-order valence-electron chi connectivity index (χ3n) is 7.39. The molecule has 7 nitrogen and oxygen atoms in total. The molecule has 0 radical (unpaired) electrons. The van der Waals surface area contributed by atoms with Gasteiger partial charge in [0.25, 0.3) is 0 Å². The Balaban J connectivity index is 3.13. The molecule has 0 saturated carbocycles. The summed E-state index contributed by atoms with van der Waals surface area (Å²) in [5, 5.41) is 9.43. The number of halogens is 3. The number of aliphatic carboxylic acids is 1. The Kier molecular flexibility index (Phi) is 17.3. The molecular weight excluding hydrogens is 590 g/mol. The lowest BCUT2D eigenvalue weighted by atomic mass is 9.92. The molecule has 1 fully saturated rings. The number of likely N-dealkylation sites (tertiary alicyclic amines) is 1. The van der Waals surface area contributed by atoms with E-state index in [0.717, 1.165) is 37.8 Å². The molecular formula is C34H47ClF2N2O5. The van der Waals surface area contributed by atoms with Gasteiger partial charge in [-0.2, -0.15) is 0 Å². The molecule has 1 aliphatic heterocycles. The van der Waals surface area contributed by atoms with Crippen LogP contribution in [0.3, 0.4) is 0 Å². The number of carbonyl (C=O) groups excluding carboxylic acids is 1. The molecule has 10 heteroatoms. The first-order valence-electron chi connectivity index (χ1n) is 14.7. The van der Waals surface area contributed by atoms with Gasteiger partial charge in [-0.05, 0) is 101 Å². The molecule has 0 spiro atoms. The van der Waals surface area contributed by atoms with Crippen LogP contribution in [-0.4, -0.2) is 66.9 Å². The first-order valence-corrected chi connectivity index (χ1v) is 15.1. The summed E-state index contributed by atoms with van der Waals surface area (Å²) in [5.74, 6) is -2.18. The summed E-state index contributed by atoms with van der Waals surface area (Å²) in [6.45, 7) is 18.7. The van der Waals surface area contributed by atoms with E-state index in [0.29, 0.717) is 42.4 Å². The number of nitrogens with zero attached hydrogens (tertiary/aromatic N) is 2. The Bertz CT molecular complexity index is 1220. The SMILES string of the molecule is C=C\C=C(F)/C(F)=C(C)/C(=C\CN1CCC(CN(C(=O)OC)C(/C=C\C(=C)C(=O)O)=C(/C)Cl)CC1)CC(C)/C(=C\C)OCC. The lowest BCUT2D eigenvalue weighted by Gasteiger charge is -2.34. The van der Waals surface area contributed by atoms with Gasteiger partial charge in [0.1, 0.15) is 0 Å². The van der Waals surface area contributed by atoms with Crippen LogP contribution in [-0.2, 0) is 14.3 Å². The molecule has 0 aromatic rings. The second-order valence-electron chi connectivity index (χ2n) is 10.6. The van der Waals surface area contributed by atoms with Crippen LogP contribution in [0.5, 0.6) is 0 Å². The van der Waals surface area contributed by atoms with Crippen molar-refractivity contribution in [3.8, 4) is 0 Å². The van der Waals surface area contributed by atoms with Crippen molar-refractivity contribution in [3.63, 3.8) is 0 Å². The molecule has 1 saturated heterocycles. The van der Waals surface area contributed by atoms with Crippen LogP contribution in [0, 0.1) is 11.8 Å². The van der Waals surface area contributed by atoms with Crippen molar-refractivity contribution in [1.82, 2.24) is 9.80 Å². The summed E-state index contributed by atoms with van der Waals surface area (Å²) in [4.78, 5) is 27.5. The van der Waals surface area contributed by atoms with Gasteiger partial charge in [0.15, 0.2) is 11.7 Å². The number of amides is 1. The van der Waals surface area contributed by atoms with E-state index < -0.39 is 23.7 Å². The number of ether oxygens (including phenoxy) is 2. The Morgan fingerprint density at radius 1 is 1.20 bits per heavy atom. The maximum Gasteiger partial charge on any atom is 0.414 e. The molecule has 0 aromatic carbocycles. The molecule has 1 amide bonds. The summed E-state index contributed by atoms with van der Waals surface area (Å²) >= 11 is 6.29. The maximum absolute atomic E-state index is 15.0. The summed E-state index contributed by atoms with van der Waals surface area (Å²) < 4.78 is 40.1. The quantitative estimate of drug-likeness (QED) is 0.104. The third-order valence-corrected chi connectivity index (χ3v) is 7.59. The van der Waals surface area contributed by atoms with Gasteiger partial charge in [0, 0.05) is 24.0 Å². The highest BCUT2D eigenvalue weighted by atomic mass is 35.5. The second-order valence-corrected chi connectivity index (χ2v) is 11.1. The van der Waals surface area contributed by atoms with Crippen LogP contribution >= 0.6 is 11.6 Å². The molecule has 1 unspecified atom stereocenters. The molecule has 1 heterocycles. The van der Waals surface area contributed by atoms with Crippen molar-refractivity contribution >= 4 is 23.7 Å². The number of hydrogen-bond donors (Lipinski definition) is 1. The highest BCUT2D eigenvalue weighted by Crippen LogP contribution is 2.31. The van der Waals surface area contributed by atoms with Gasteiger partial charge in [-0.1, -0.05) is 43.8 Å². The summed E-state index contributed by atoms with van der Waals surface area (Å²) in [5.41, 5.74) is 1.12. The number of methoxy groups -OCH3 is 1. The number of carboxylic acid groups (broad SMARTS) is 1. The smallest absolute Gasteiger partial charge is 0.414 e. The van der Waals surface area contributed by atoms with E-state index in [-0.39, 0.29) is 23.0 Å². The Morgan fingerprint density at radius 2 is 1.84 bits per heavy atom. The van der Waals surface area contributed by atoms with Crippen molar-refractivity contribution in [2.45, 2.75) is 53.9 Å². The van der Waals surface area contributed by atoms with Gasteiger partial charge in [-0.3, -0.25) is 9.80 Å². The second kappa shape index (κ2) is 19.8. The monoisotopic (exact) mass is 636 g/mol. The van der Waals surface area contributed by atoms with Crippen LogP contribution in [0.15, 0.2) is 94.5 Å². The molecule has 0 aliphatic carbocycles. The standard InChI is InChI=1S/C34H47ClF2N2O5/c1-9-12-29(36)32(37)25(6)28(21-24(5)31(10-2)44-11-3)17-20-38-18-15-27(16-19-38)22-39(34(42)43-8)30(26(7)35)14-13-23(4)33(40)41/h9-10,12-14,17,24,27H,1,4,11,15-16,18-22H2,2-3,5-8H3,(H,40,41)/b14-13-,28-17-,29-12+,30-26-,31-10+,32-25-. The molecule has 1 rings (SSSR count). The van der Waals surface area contributed by atoms with Gasteiger partial charge < -0.3 is 14.6 Å². The van der Waals surface area contributed by atoms with E-state index in [1.165, 1.54) is 30.2 Å². The fourth-order valence-electron chi connectivity index (χ4n) is 4.87. The highest BCUT2D eigenvalue weighted by Gasteiger charge is 2.27. The van der Waals surface area contributed by atoms with Crippen LogP contribution < -0.4 is 0 Å². The van der Waals surface area contributed by atoms with E-state index >= 15 is 0 Å². The van der Waals surface area contributed by atoms with Crippen LogP contribution in [0.4, 0.5) is 13.6 Å². The number of hydrogen-bond acceptors (Lipinski definition) is 5. The van der Waals surface area contributed by atoms with Gasteiger partial charge in [-0.15, -0.1) is 0 Å². The first kappa shape index (κ1) is 38.6. The zero-order valence-corrected chi connectivity index (χ0v) is 27.6. The maximum atomic E-state index is 15.0. The average molecular weight is 637 g/mol. The Hall–Kier alpha value is -3.43. The molecule has 1 aliphatic rings. The molecule has 0 bridgehead atoms. The van der Waals surface area contributed by atoms with E-state index in [2.05, 4.69) is 18.1 Å². The Morgan fingerprint density at radius 3 is 2.34 bits per heavy atom. The van der Waals surface area contributed by atoms with Crippen molar-refractivity contribution in [1.29, 1.82) is 0 Å². The topological polar surface area (TPSA) is 79.3 Å². The van der Waals surface area contributed by atoms with Crippen molar-refractivity contribution in [3.05, 3.63) is 94.5 Å². The van der Waals surface area contributed by atoms with Crippen molar-refractivity contribution in [2.75, 3.05) is 39.9 Å². The summed E-state index contributed by atoms with van der Waals surface area (Å²) in [7, 11) is 1.27. The van der Waals surface area contributed by atoms with Crippen molar-refractivity contribution < 1.29 is 33.0 Å². The van der Waals surface area contributed by atoms with Gasteiger partial charge in [0.05, 0.1) is 30.7 Å². The predicted molar refractivity (Wildman–Crippen MR) is 173 cm³/mol. The minimum absolute atomic E-state index is 0.0372. The number of carboxylic acids is 1. The van der Waals surface area contributed by atoms with Gasteiger partial charge in [-0.25, -0.2) is 18.4 Å². The van der Waals surface area contributed by atoms with Gasteiger partial charge in [0.2, 0.25) is 0 Å². The largest absolute Gasteiger partial charge is 0.498 e. The zero-order chi connectivity index (χ0) is 33.4. The number of rotatable bonds is 16. The molecule has 244 valence electrons. The van der Waals surface area contributed by atoms with E-state index in [1.807, 2.05) is 32.9 Å². The van der Waals surface area contributed by atoms with E-state index in [1.54, 1.807) is 13.8 Å². The van der Waals surface area contributed by atoms with Crippen LogP contribution in [0.1, 0.15) is 53.9 Å². The summed E-state index contributed by atoms with van der Waals surface area (Å²) in [6.07, 6.45) is 10.2. The normalized spacial score (nSPS) is 17.5. The minimum atomic E-state index is -1.18. The van der Waals surface area contributed by atoms with Gasteiger partial charge >= 0.3 is 12.1 Å². The first-order chi connectivity index (χ1) is 20.8. The Labute approximate surface area is 266 Å². The third kappa shape index (κ3) is 12.3. The van der Waals surface area contributed by atoms with E-state index in [4.69, 9.17) is 26.2 Å². The zero-order valence-electron chi connectivity index (χ0n) is 26.8. The predicted octanol–water partition coefficient (Wildman–Crippen LogP) is 8.61. The fourth-order valence-corrected chi connectivity index (χ4v) is 5.03. The summed E-state index contributed by atoms with van der Waals surface area (Å²) in [6, 6.07) is 0. The lowest BCUT2D eigenvalue weighted by molar-refractivity contribution is -0.132. The van der Waals surface area contributed by atoms with Crippen LogP contribution in [0.25, 0.3) is 0 Å². The number of allylic oxidation sites excluding steroid dienone is 10. The number of piperidine rings is 1. The molecule has 44 heavy (non-hydrogen) atoms. The molecule has 0 aromatic heterocycles. The minimum Gasteiger partial charge on any atom is -0.498 e. The fraction of sp³-hybridized carbons (Fsp3) is 0.471. The lowest BCUT2D eigenvalue weighted by Crippen LogP contribution is -2.40. The van der Waals surface area contributed by atoms with Crippen molar-refractivity contribution in [2.24, 2.45) is 11.8 Å². The molecule has 1 N–H and O–H groups in total.